The highest BCUT2D eigenvalue weighted by atomic mass is 35.7. The van der Waals surface area contributed by atoms with Crippen LogP contribution in [0.1, 0.15) is 0 Å². The molecule has 0 aromatic heterocycles. The first-order valence-corrected chi connectivity index (χ1v) is 5.64. The summed E-state index contributed by atoms with van der Waals surface area (Å²) in [5.74, 6) is -2.16. The molecular weight excluding hydrogens is 242 g/mol. The van der Waals surface area contributed by atoms with Crippen LogP contribution in [-0.2, 0) is 9.05 Å². The van der Waals surface area contributed by atoms with Gasteiger partial charge in [-0.15, -0.1) is 0 Å². The van der Waals surface area contributed by atoms with Crippen molar-refractivity contribution >= 4 is 31.3 Å². The van der Waals surface area contributed by atoms with Gasteiger partial charge in [0.25, 0.3) is 9.05 Å². The van der Waals surface area contributed by atoms with Crippen molar-refractivity contribution < 1.29 is 17.9 Å². The van der Waals surface area contributed by atoms with Crippen LogP contribution in [0.15, 0.2) is 17.0 Å². The van der Waals surface area contributed by atoms with E-state index in [1.807, 2.05) is 0 Å². The highest BCUT2D eigenvalue weighted by Gasteiger charge is 2.22. The number of rotatable bonds is 1. The molecule has 1 aromatic rings. The molecule has 0 aliphatic carbocycles. The molecule has 0 spiro atoms. The lowest BCUT2D eigenvalue weighted by molar-refractivity contribution is 0.423. The zero-order valence-electron chi connectivity index (χ0n) is 5.96. The molecule has 13 heavy (non-hydrogen) atoms. The molecule has 1 N–H and O–H groups in total. The molecule has 0 saturated heterocycles. The highest BCUT2D eigenvalue weighted by Crippen LogP contribution is 2.32. The second-order valence-electron chi connectivity index (χ2n) is 2.15. The van der Waals surface area contributed by atoms with Gasteiger partial charge in [0, 0.05) is 10.7 Å². The number of halogens is 3. The van der Waals surface area contributed by atoms with Gasteiger partial charge >= 0.3 is 0 Å². The Morgan fingerprint density at radius 2 is 1.92 bits per heavy atom. The molecule has 0 amide bonds. The molecule has 72 valence electrons. The number of hydrogen-bond donors (Lipinski definition) is 1. The van der Waals surface area contributed by atoms with Crippen molar-refractivity contribution in [1.29, 1.82) is 0 Å². The van der Waals surface area contributed by atoms with Gasteiger partial charge in [0.2, 0.25) is 0 Å². The molecular formula is C6H3Cl2FO3S. The van der Waals surface area contributed by atoms with Gasteiger partial charge in [0.05, 0.1) is 5.02 Å². The molecule has 0 bridgehead atoms. The van der Waals surface area contributed by atoms with E-state index in [0.717, 1.165) is 12.1 Å². The minimum absolute atomic E-state index is 0.370. The van der Waals surface area contributed by atoms with Gasteiger partial charge in [-0.2, -0.15) is 0 Å². The van der Waals surface area contributed by atoms with Crippen LogP contribution in [0.3, 0.4) is 0 Å². The molecule has 1 aromatic carbocycles. The van der Waals surface area contributed by atoms with Crippen molar-refractivity contribution in [2.24, 2.45) is 0 Å². The lowest BCUT2D eigenvalue weighted by Crippen LogP contribution is -1.96. The summed E-state index contributed by atoms with van der Waals surface area (Å²) in [6.45, 7) is 0. The Balaban J connectivity index is 3.62. The smallest absolute Gasteiger partial charge is 0.265 e. The van der Waals surface area contributed by atoms with Crippen molar-refractivity contribution in [2.45, 2.75) is 4.90 Å². The number of phenolic OH excluding ortho intramolecular Hbond substituents is 1. The summed E-state index contributed by atoms with van der Waals surface area (Å²) in [5.41, 5.74) is 0. The van der Waals surface area contributed by atoms with E-state index in [1.54, 1.807) is 0 Å². The van der Waals surface area contributed by atoms with E-state index in [4.69, 9.17) is 27.4 Å². The number of aromatic hydroxyl groups is 1. The molecule has 0 radical (unpaired) electrons. The van der Waals surface area contributed by atoms with Gasteiger partial charge in [0.15, 0.2) is 11.6 Å². The van der Waals surface area contributed by atoms with Gasteiger partial charge < -0.3 is 5.11 Å². The van der Waals surface area contributed by atoms with Crippen LogP contribution in [0.5, 0.6) is 5.75 Å². The average molecular weight is 245 g/mol. The predicted molar refractivity (Wildman–Crippen MR) is 46.1 cm³/mol. The Morgan fingerprint density at radius 1 is 1.38 bits per heavy atom. The monoisotopic (exact) mass is 244 g/mol. The third-order valence-corrected chi connectivity index (χ3v) is 3.05. The summed E-state index contributed by atoms with van der Waals surface area (Å²) in [6.07, 6.45) is 0. The first kappa shape index (κ1) is 10.6. The Morgan fingerprint density at radius 3 is 2.31 bits per heavy atom. The van der Waals surface area contributed by atoms with Gasteiger partial charge in [0.1, 0.15) is 4.90 Å². The molecule has 1 rings (SSSR count). The van der Waals surface area contributed by atoms with Crippen LogP contribution < -0.4 is 0 Å². The average Bonchev–Trinajstić information content (AvgIpc) is 1.95. The van der Waals surface area contributed by atoms with Crippen LogP contribution >= 0.6 is 22.3 Å². The van der Waals surface area contributed by atoms with E-state index < -0.39 is 25.5 Å². The second-order valence-corrected chi connectivity index (χ2v) is 5.06. The highest BCUT2D eigenvalue weighted by molar-refractivity contribution is 8.13. The minimum atomic E-state index is -4.28. The van der Waals surface area contributed by atoms with Crippen molar-refractivity contribution in [1.82, 2.24) is 0 Å². The fourth-order valence-electron chi connectivity index (χ4n) is 0.746. The lowest BCUT2D eigenvalue weighted by Gasteiger charge is -2.02. The molecule has 3 nitrogen and oxygen atoms in total. The zero-order valence-corrected chi connectivity index (χ0v) is 8.29. The summed E-state index contributed by atoms with van der Waals surface area (Å²) in [7, 11) is 0.596. The first-order valence-electron chi connectivity index (χ1n) is 2.95. The van der Waals surface area contributed by atoms with Crippen molar-refractivity contribution in [3.8, 4) is 5.75 Å². The fourth-order valence-corrected chi connectivity index (χ4v) is 2.39. The normalized spacial score (nSPS) is 11.6. The van der Waals surface area contributed by atoms with Gasteiger partial charge in [-0.05, 0) is 12.1 Å². The van der Waals surface area contributed by atoms with E-state index in [0.29, 0.717) is 0 Å². The Labute approximate surface area is 83.1 Å². The Bertz CT molecular complexity index is 443. The van der Waals surface area contributed by atoms with Crippen LogP contribution in [0.25, 0.3) is 0 Å². The van der Waals surface area contributed by atoms with E-state index in [9.17, 15) is 12.8 Å². The third-order valence-electron chi connectivity index (χ3n) is 1.27. The molecule has 0 fully saturated rings. The zero-order chi connectivity index (χ0) is 10.2. The lowest BCUT2D eigenvalue weighted by atomic mass is 10.3. The standard InChI is InChI=1S/C6H3Cl2FO3S/c7-3-1-2-4(10)5(9)6(3)13(8,11)12/h1-2,10H. The summed E-state index contributed by atoms with van der Waals surface area (Å²) in [6, 6.07) is 1.97. The molecule has 0 unspecified atom stereocenters. The molecule has 7 heteroatoms. The fraction of sp³-hybridized carbons (Fsp3) is 0. The molecule has 0 aliphatic rings. The number of benzene rings is 1. The van der Waals surface area contributed by atoms with E-state index >= 15 is 0 Å². The largest absolute Gasteiger partial charge is 0.505 e. The van der Waals surface area contributed by atoms with E-state index in [2.05, 4.69) is 0 Å². The topological polar surface area (TPSA) is 54.4 Å². The van der Waals surface area contributed by atoms with Crippen LogP contribution in [0.4, 0.5) is 4.39 Å². The Hall–Kier alpha value is -0.520. The molecule has 0 atom stereocenters. The molecule has 0 aliphatic heterocycles. The maximum Gasteiger partial charge on any atom is 0.265 e. The maximum absolute atomic E-state index is 13.0. The second kappa shape index (κ2) is 3.32. The van der Waals surface area contributed by atoms with Gasteiger partial charge in [-0.25, -0.2) is 12.8 Å². The van der Waals surface area contributed by atoms with Crippen molar-refractivity contribution in [2.75, 3.05) is 0 Å². The summed E-state index contributed by atoms with van der Waals surface area (Å²) in [4.78, 5) is -0.907. The summed E-state index contributed by atoms with van der Waals surface area (Å²) < 4.78 is 34.5. The van der Waals surface area contributed by atoms with Gasteiger partial charge in [-0.1, -0.05) is 11.6 Å². The van der Waals surface area contributed by atoms with Crippen molar-refractivity contribution in [3.05, 3.63) is 23.0 Å². The summed E-state index contributed by atoms with van der Waals surface area (Å²) in [5, 5.41) is 8.46. The van der Waals surface area contributed by atoms with Crippen LogP contribution in [0.2, 0.25) is 5.02 Å². The number of phenols is 1. The van der Waals surface area contributed by atoms with E-state index in [1.165, 1.54) is 0 Å². The molecule has 0 saturated carbocycles. The molecule has 0 heterocycles. The predicted octanol–water partition coefficient (Wildman–Crippen LogP) is 2.11. The maximum atomic E-state index is 13.0. The minimum Gasteiger partial charge on any atom is -0.505 e. The summed E-state index contributed by atoms with van der Waals surface area (Å²) >= 11 is 5.37. The number of hydrogen-bond acceptors (Lipinski definition) is 3. The van der Waals surface area contributed by atoms with Crippen LogP contribution in [-0.4, -0.2) is 13.5 Å². The van der Waals surface area contributed by atoms with Gasteiger partial charge in [-0.3, -0.25) is 0 Å². The van der Waals surface area contributed by atoms with Crippen LogP contribution in [0, 0.1) is 5.82 Å². The quantitative estimate of drug-likeness (QED) is 0.771. The first-order chi connectivity index (χ1) is 5.84. The van der Waals surface area contributed by atoms with E-state index in [-0.39, 0.29) is 5.02 Å². The third kappa shape index (κ3) is 2.04. The SMILES string of the molecule is O=S(=O)(Cl)c1c(Cl)ccc(O)c1F. The Kier molecular flexibility index (Phi) is 2.70. The van der Waals surface area contributed by atoms with Crippen molar-refractivity contribution in [3.63, 3.8) is 0 Å².